The number of fused-ring (bicyclic) bond motifs is 1. The summed E-state index contributed by atoms with van der Waals surface area (Å²) in [6.45, 7) is 8.40. The van der Waals surface area contributed by atoms with Gasteiger partial charge in [-0.2, -0.15) is 0 Å². The van der Waals surface area contributed by atoms with Gasteiger partial charge in [0.15, 0.2) is 11.5 Å². The van der Waals surface area contributed by atoms with Gasteiger partial charge in [0, 0.05) is 23.8 Å². The third-order valence-corrected chi connectivity index (χ3v) is 5.02. The molecule has 0 radical (unpaired) electrons. The fourth-order valence-electron chi connectivity index (χ4n) is 3.27. The number of rotatable bonds is 3. The zero-order valence-electron chi connectivity index (χ0n) is 12.8. The van der Waals surface area contributed by atoms with Crippen molar-refractivity contribution in [3.8, 4) is 11.5 Å². The second-order valence-corrected chi connectivity index (χ2v) is 7.00. The van der Waals surface area contributed by atoms with E-state index in [1.165, 1.54) is 5.56 Å². The number of para-hydroxylation sites is 1. The molecule has 3 rings (SSSR count). The Morgan fingerprint density at radius 2 is 2.10 bits per heavy atom. The highest BCUT2D eigenvalue weighted by Crippen LogP contribution is 2.49. The average molecular weight is 276 g/mol. The lowest BCUT2D eigenvalue weighted by Crippen LogP contribution is -2.57. The van der Waals surface area contributed by atoms with Crippen LogP contribution in [0.1, 0.15) is 46.1 Å². The van der Waals surface area contributed by atoms with Gasteiger partial charge in [0.2, 0.25) is 0 Å². The molecule has 1 aliphatic heterocycles. The normalized spacial score (nSPS) is 34.0. The molecule has 1 heterocycles. The molecule has 1 aromatic rings. The van der Waals surface area contributed by atoms with Crippen LogP contribution >= 0.6 is 0 Å². The summed E-state index contributed by atoms with van der Waals surface area (Å²) in [5, 5.41) is 9.98. The van der Waals surface area contributed by atoms with Crippen LogP contribution in [0.5, 0.6) is 11.5 Å². The smallest absolute Gasteiger partial charge is 0.165 e. The van der Waals surface area contributed by atoms with Crippen LogP contribution in [0.15, 0.2) is 18.2 Å². The Kier molecular flexibility index (Phi) is 3.02. The van der Waals surface area contributed by atoms with Crippen LogP contribution in [0, 0.1) is 5.41 Å². The van der Waals surface area contributed by atoms with Gasteiger partial charge in [-0.05, 0) is 26.3 Å². The first-order valence-corrected chi connectivity index (χ1v) is 7.51. The molecule has 3 heteroatoms. The Morgan fingerprint density at radius 1 is 1.35 bits per heavy atom. The zero-order valence-corrected chi connectivity index (χ0v) is 12.8. The summed E-state index contributed by atoms with van der Waals surface area (Å²) in [5.74, 6) is 1.71. The second-order valence-electron chi connectivity index (χ2n) is 7.00. The summed E-state index contributed by atoms with van der Waals surface area (Å²) in [5.41, 5.74) is 0.914. The topological polar surface area (TPSA) is 38.7 Å². The molecule has 110 valence electrons. The lowest BCUT2D eigenvalue weighted by atomic mass is 9.63. The Hall–Kier alpha value is -1.22. The molecule has 0 amide bonds. The van der Waals surface area contributed by atoms with E-state index in [-0.39, 0.29) is 23.2 Å². The summed E-state index contributed by atoms with van der Waals surface area (Å²) in [4.78, 5) is 0. The quantitative estimate of drug-likeness (QED) is 0.920. The van der Waals surface area contributed by atoms with Crippen LogP contribution in [0.2, 0.25) is 0 Å². The Morgan fingerprint density at radius 3 is 2.75 bits per heavy atom. The van der Waals surface area contributed by atoms with E-state index >= 15 is 0 Å². The van der Waals surface area contributed by atoms with Crippen molar-refractivity contribution >= 4 is 0 Å². The van der Waals surface area contributed by atoms with Gasteiger partial charge in [0.25, 0.3) is 0 Å². The van der Waals surface area contributed by atoms with Gasteiger partial charge in [0.05, 0.1) is 6.10 Å². The maximum absolute atomic E-state index is 9.98. The van der Waals surface area contributed by atoms with E-state index in [4.69, 9.17) is 9.47 Å². The molecular weight excluding hydrogens is 252 g/mol. The van der Waals surface area contributed by atoms with E-state index in [0.717, 1.165) is 24.3 Å². The van der Waals surface area contributed by atoms with Gasteiger partial charge >= 0.3 is 0 Å². The van der Waals surface area contributed by atoms with Gasteiger partial charge in [0.1, 0.15) is 11.7 Å². The Labute approximate surface area is 120 Å². The van der Waals surface area contributed by atoms with Crippen molar-refractivity contribution in [3.05, 3.63) is 23.8 Å². The van der Waals surface area contributed by atoms with E-state index < -0.39 is 0 Å². The molecule has 3 unspecified atom stereocenters. The average Bonchev–Trinajstić information content (AvgIpc) is 2.72. The fourth-order valence-corrected chi connectivity index (χ4v) is 3.27. The molecular formula is C17H24O3. The number of aliphatic hydroxyl groups excluding tert-OH is 1. The molecule has 0 bridgehead atoms. The van der Waals surface area contributed by atoms with E-state index in [1.807, 2.05) is 12.1 Å². The van der Waals surface area contributed by atoms with Crippen LogP contribution in [0.4, 0.5) is 0 Å². The van der Waals surface area contributed by atoms with E-state index in [2.05, 4.69) is 33.8 Å². The number of aliphatic hydroxyl groups is 1. The van der Waals surface area contributed by atoms with E-state index in [0.29, 0.717) is 6.42 Å². The minimum atomic E-state index is -0.258. The van der Waals surface area contributed by atoms with Crippen LogP contribution in [-0.4, -0.2) is 22.9 Å². The summed E-state index contributed by atoms with van der Waals surface area (Å²) in [6, 6.07) is 6.10. The highest BCUT2D eigenvalue weighted by Gasteiger charge is 2.52. The third-order valence-electron chi connectivity index (χ3n) is 5.02. The van der Waals surface area contributed by atoms with Crippen LogP contribution in [0.25, 0.3) is 0 Å². The first-order valence-electron chi connectivity index (χ1n) is 7.51. The zero-order chi connectivity index (χ0) is 14.5. The van der Waals surface area contributed by atoms with Crippen molar-refractivity contribution in [2.75, 3.05) is 0 Å². The molecule has 1 saturated carbocycles. The van der Waals surface area contributed by atoms with Crippen LogP contribution in [-0.2, 0) is 6.42 Å². The van der Waals surface area contributed by atoms with Gasteiger partial charge in [-0.15, -0.1) is 0 Å². The predicted molar refractivity (Wildman–Crippen MR) is 78.3 cm³/mol. The standard InChI is InChI=1S/C17H24O3/c1-5-17(4)13(18)9-14(17)19-12-8-6-7-11-10-16(2,3)20-15(11)12/h6-8,13-14,18H,5,9-10H2,1-4H3. The molecule has 0 spiro atoms. The minimum absolute atomic E-state index is 0.0707. The van der Waals surface area contributed by atoms with Crippen molar-refractivity contribution in [1.29, 1.82) is 0 Å². The Balaban J connectivity index is 1.83. The van der Waals surface area contributed by atoms with Gasteiger partial charge < -0.3 is 14.6 Å². The molecule has 1 aromatic carbocycles. The van der Waals surface area contributed by atoms with Gasteiger partial charge in [-0.1, -0.05) is 26.0 Å². The lowest BCUT2D eigenvalue weighted by Gasteiger charge is -2.50. The maximum Gasteiger partial charge on any atom is 0.165 e. The van der Waals surface area contributed by atoms with Crippen LogP contribution < -0.4 is 9.47 Å². The van der Waals surface area contributed by atoms with Crippen molar-refractivity contribution in [3.63, 3.8) is 0 Å². The first kappa shape index (κ1) is 13.7. The second kappa shape index (κ2) is 4.39. The summed E-state index contributed by atoms with van der Waals surface area (Å²) >= 11 is 0. The highest BCUT2D eigenvalue weighted by molar-refractivity contribution is 5.50. The van der Waals surface area contributed by atoms with E-state index in [9.17, 15) is 5.11 Å². The molecule has 3 nitrogen and oxygen atoms in total. The largest absolute Gasteiger partial charge is 0.486 e. The Bertz CT molecular complexity index is 523. The summed E-state index contributed by atoms with van der Waals surface area (Å²) in [7, 11) is 0. The number of hydrogen-bond acceptors (Lipinski definition) is 3. The summed E-state index contributed by atoms with van der Waals surface area (Å²) in [6.07, 6.45) is 2.35. The number of ether oxygens (including phenoxy) is 2. The molecule has 3 atom stereocenters. The SMILES string of the molecule is CCC1(C)C(O)CC1Oc1cccc2c1OC(C)(C)C2. The molecule has 1 aliphatic carbocycles. The molecule has 20 heavy (non-hydrogen) atoms. The van der Waals surface area contributed by atoms with Gasteiger partial charge in [-0.25, -0.2) is 0 Å². The molecule has 1 N–H and O–H groups in total. The highest BCUT2D eigenvalue weighted by atomic mass is 16.5. The van der Waals surface area contributed by atoms with Crippen molar-refractivity contribution < 1.29 is 14.6 Å². The fraction of sp³-hybridized carbons (Fsp3) is 0.647. The molecule has 0 saturated heterocycles. The number of benzene rings is 1. The minimum Gasteiger partial charge on any atom is -0.486 e. The van der Waals surface area contributed by atoms with E-state index in [1.54, 1.807) is 0 Å². The predicted octanol–water partition coefficient (Wildman–Crippen LogP) is 3.33. The lowest BCUT2D eigenvalue weighted by molar-refractivity contribution is -0.147. The maximum atomic E-state index is 9.98. The van der Waals surface area contributed by atoms with Gasteiger partial charge in [-0.3, -0.25) is 0 Å². The molecule has 2 aliphatic rings. The summed E-state index contributed by atoms with van der Waals surface area (Å²) < 4.78 is 12.2. The third kappa shape index (κ3) is 1.99. The van der Waals surface area contributed by atoms with Crippen molar-refractivity contribution in [2.24, 2.45) is 5.41 Å². The monoisotopic (exact) mass is 276 g/mol. The molecule has 1 fully saturated rings. The number of hydrogen-bond donors (Lipinski definition) is 1. The molecule has 0 aromatic heterocycles. The van der Waals surface area contributed by atoms with Crippen molar-refractivity contribution in [2.45, 2.75) is 64.8 Å². The van der Waals surface area contributed by atoms with Crippen LogP contribution in [0.3, 0.4) is 0 Å². The first-order chi connectivity index (χ1) is 9.36. The van der Waals surface area contributed by atoms with Crippen molar-refractivity contribution in [1.82, 2.24) is 0 Å².